The van der Waals surface area contributed by atoms with E-state index in [0.29, 0.717) is 24.9 Å². The largest absolute Gasteiger partial charge is 0.309 e. The molecule has 2 N–H and O–H groups in total. The molecule has 0 fully saturated rings. The molecule has 2 rings (SSSR count). The van der Waals surface area contributed by atoms with Crippen LogP contribution in [0, 0.1) is 17.5 Å². The molecule has 8 heteroatoms. The first kappa shape index (κ1) is 15.6. The van der Waals surface area contributed by atoms with E-state index in [-0.39, 0.29) is 5.56 Å². The van der Waals surface area contributed by atoms with Crippen molar-refractivity contribution in [1.29, 1.82) is 0 Å². The fraction of sp³-hybridized carbons (Fsp3) is 0.462. The summed E-state index contributed by atoms with van der Waals surface area (Å²) in [5.74, 6) is -2.45. The average Bonchev–Trinajstić information content (AvgIpc) is 2.82. The van der Waals surface area contributed by atoms with Crippen LogP contribution in [-0.4, -0.2) is 36.5 Å². The van der Waals surface area contributed by atoms with Gasteiger partial charge in [0.1, 0.15) is 11.7 Å². The summed E-state index contributed by atoms with van der Waals surface area (Å²) in [4.78, 5) is 1.93. The summed E-state index contributed by atoms with van der Waals surface area (Å²) >= 11 is 0. The van der Waals surface area contributed by atoms with Gasteiger partial charge in [-0.25, -0.2) is 18.7 Å². The molecule has 0 aromatic heterocycles. The van der Waals surface area contributed by atoms with Gasteiger partial charge in [-0.2, -0.15) is 0 Å². The van der Waals surface area contributed by atoms with E-state index in [0.717, 1.165) is 6.07 Å². The van der Waals surface area contributed by atoms with E-state index in [2.05, 4.69) is 16.1 Å². The molecule has 1 heterocycles. The molecule has 0 aliphatic carbocycles. The van der Waals surface area contributed by atoms with E-state index in [1.807, 2.05) is 19.0 Å². The molecule has 0 bridgehead atoms. The molecule has 0 spiro atoms. The maximum atomic E-state index is 14.0. The SMILES string of the molecule is CC1=NNN(C(CCN(C)C)c2cc(F)c(F)cc2F)N1. The first-order valence-electron chi connectivity index (χ1n) is 6.53. The van der Waals surface area contributed by atoms with Crippen LogP contribution >= 0.6 is 0 Å². The third-order valence-electron chi connectivity index (χ3n) is 3.17. The molecule has 1 aliphatic heterocycles. The minimum atomic E-state index is -1.20. The Morgan fingerprint density at radius 3 is 2.43 bits per heavy atom. The number of amidine groups is 1. The molecule has 0 saturated heterocycles. The summed E-state index contributed by atoms with van der Waals surface area (Å²) in [5, 5.41) is 5.42. The number of hydrogen-bond acceptors (Lipinski definition) is 5. The Morgan fingerprint density at radius 2 is 1.86 bits per heavy atom. The summed E-state index contributed by atoms with van der Waals surface area (Å²) in [5.41, 5.74) is 5.68. The van der Waals surface area contributed by atoms with Crippen LogP contribution in [0.15, 0.2) is 17.2 Å². The van der Waals surface area contributed by atoms with E-state index in [9.17, 15) is 13.2 Å². The van der Waals surface area contributed by atoms with Crippen LogP contribution in [0.3, 0.4) is 0 Å². The van der Waals surface area contributed by atoms with Crippen molar-refractivity contribution < 1.29 is 13.2 Å². The highest BCUT2D eigenvalue weighted by Gasteiger charge is 2.27. The van der Waals surface area contributed by atoms with E-state index >= 15 is 0 Å². The van der Waals surface area contributed by atoms with Gasteiger partial charge in [0.25, 0.3) is 0 Å². The van der Waals surface area contributed by atoms with Crippen molar-refractivity contribution in [2.45, 2.75) is 19.4 Å². The monoisotopic (exact) mass is 301 g/mol. The second kappa shape index (κ2) is 6.31. The topological polar surface area (TPSA) is 42.9 Å². The second-order valence-electron chi connectivity index (χ2n) is 5.17. The molecular formula is C13H18F3N5. The lowest BCUT2D eigenvalue weighted by Crippen LogP contribution is -2.44. The molecule has 5 nitrogen and oxygen atoms in total. The molecule has 1 atom stereocenters. The van der Waals surface area contributed by atoms with Gasteiger partial charge in [0.2, 0.25) is 0 Å². The third kappa shape index (κ3) is 3.64. The molecule has 21 heavy (non-hydrogen) atoms. The van der Waals surface area contributed by atoms with Crippen molar-refractivity contribution >= 4 is 5.84 Å². The van der Waals surface area contributed by atoms with Gasteiger partial charge in [-0.15, -0.1) is 10.2 Å². The number of benzene rings is 1. The summed E-state index contributed by atoms with van der Waals surface area (Å²) < 4.78 is 40.5. The number of nitrogens with zero attached hydrogens (tertiary/aromatic N) is 3. The highest BCUT2D eigenvalue weighted by Crippen LogP contribution is 2.27. The third-order valence-corrected chi connectivity index (χ3v) is 3.17. The van der Waals surface area contributed by atoms with Gasteiger partial charge >= 0.3 is 0 Å². The van der Waals surface area contributed by atoms with Gasteiger partial charge in [-0.3, -0.25) is 5.43 Å². The lowest BCUT2D eigenvalue weighted by Gasteiger charge is -2.28. The molecule has 116 valence electrons. The van der Waals surface area contributed by atoms with Gasteiger partial charge in [0, 0.05) is 11.6 Å². The molecule has 1 aliphatic rings. The maximum absolute atomic E-state index is 14.0. The predicted octanol–water partition coefficient (Wildman–Crippen LogP) is 1.75. The minimum Gasteiger partial charge on any atom is -0.309 e. The van der Waals surface area contributed by atoms with Crippen molar-refractivity contribution in [3.8, 4) is 0 Å². The quantitative estimate of drug-likeness (QED) is 0.813. The van der Waals surface area contributed by atoms with Crippen molar-refractivity contribution in [2.75, 3.05) is 20.6 Å². The fourth-order valence-corrected chi connectivity index (χ4v) is 2.10. The second-order valence-corrected chi connectivity index (χ2v) is 5.17. The van der Waals surface area contributed by atoms with Crippen LogP contribution in [0.1, 0.15) is 24.9 Å². The lowest BCUT2D eigenvalue weighted by molar-refractivity contribution is 0.0959. The van der Waals surface area contributed by atoms with Gasteiger partial charge in [-0.05, 0) is 40.1 Å². The number of rotatable bonds is 5. The Bertz CT molecular complexity index is 547. The standard InChI is InChI=1S/C13H18F3N5/c1-8-17-19-21(18-8)13(4-5-20(2)3)9-6-11(15)12(16)7-10(9)14/h6-7,13,19H,4-5H2,1-3H3,(H,17,18). The van der Waals surface area contributed by atoms with E-state index in [1.54, 1.807) is 6.92 Å². The van der Waals surface area contributed by atoms with Crippen molar-refractivity contribution in [1.82, 2.24) is 21.0 Å². The summed E-state index contributed by atoms with van der Waals surface area (Å²) in [6.45, 7) is 2.37. The Morgan fingerprint density at radius 1 is 1.19 bits per heavy atom. The van der Waals surface area contributed by atoms with Crippen LogP contribution in [0.5, 0.6) is 0 Å². The van der Waals surface area contributed by atoms with Crippen molar-refractivity contribution in [3.63, 3.8) is 0 Å². The van der Waals surface area contributed by atoms with Crippen molar-refractivity contribution in [2.24, 2.45) is 5.10 Å². The zero-order valence-electron chi connectivity index (χ0n) is 12.1. The van der Waals surface area contributed by atoms with E-state index in [1.165, 1.54) is 5.12 Å². The summed E-state index contributed by atoms with van der Waals surface area (Å²) in [7, 11) is 3.76. The number of hydrazine groups is 2. The molecular weight excluding hydrogens is 283 g/mol. The van der Waals surface area contributed by atoms with Crippen LogP contribution < -0.4 is 11.0 Å². The van der Waals surface area contributed by atoms with Gasteiger partial charge in [0.05, 0.1) is 6.04 Å². The molecule has 0 amide bonds. The number of hydrazone groups is 1. The summed E-state index contributed by atoms with van der Waals surface area (Å²) in [6.07, 6.45) is 0.498. The lowest BCUT2D eigenvalue weighted by atomic mass is 10.0. The van der Waals surface area contributed by atoms with Crippen LogP contribution in [-0.2, 0) is 0 Å². The fourth-order valence-electron chi connectivity index (χ4n) is 2.10. The minimum absolute atomic E-state index is 0.0700. The highest BCUT2D eigenvalue weighted by atomic mass is 19.2. The van der Waals surface area contributed by atoms with Gasteiger partial charge < -0.3 is 4.90 Å². The molecule has 0 saturated carbocycles. The Kier molecular flexibility index (Phi) is 4.69. The first-order chi connectivity index (χ1) is 9.88. The van der Waals surface area contributed by atoms with E-state index < -0.39 is 23.5 Å². The molecule has 0 radical (unpaired) electrons. The number of halogens is 3. The first-order valence-corrected chi connectivity index (χ1v) is 6.53. The maximum Gasteiger partial charge on any atom is 0.161 e. The smallest absolute Gasteiger partial charge is 0.161 e. The van der Waals surface area contributed by atoms with Crippen molar-refractivity contribution in [3.05, 3.63) is 35.1 Å². The number of nitrogens with one attached hydrogen (secondary N) is 2. The zero-order chi connectivity index (χ0) is 15.6. The van der Waals surface area contributed by atoms with Gasteiger partial charge in [0.15, 0.2) is 11.6 Å². The Hall–Kier alpha value is -1.80. The molecule has 1 aromatic rings. The normalized spacial score (nSPS) is 16.6. The molecule has 1 aromatic carbocycles. The van der Waals surface area contributed by atoms with Gasteiger partial charge in [-0.1, -0.05) is 0 Å². The Balaban J connectivity index is 2.28. The predicted molar refractivity (Wildman–Crippen MR) is 73.4 cm³/mol. The highest BCUT2D eigenvalue weighted by molar-refractivity contribution is 5.79. The summed E-state index contributed by atoms with van der Waals surface area (Å²) in [6, 6.07) is 0.919. The Labute approximate surface area is 121 Å². The molecule has 1 unspecified atom stereocenters. The van der Waals surface area contributed by atoms with Crippen LogP contribution in [0.4, 0.5) is 13.2 Å². The van der Waals surface area contributed by atoms with Crippen LogP contribution in [0.2, 0.25) is 0 Å². The average molecular weight is 301 g/mol. The number of hydrogen-bond donors (Lipinski definition) is 2. The van der Waals surface area contributed by atoms with E-state index in [4.69, 9.17) is 0 Å². The van der Waals surface area contributed by atoms with Crippen LogP contribution in [0.25, 0.3) is 0 Å². The zero-order valence-corrected chi connectivity index (χ0v) is 12.1.